The van der Waals surface area contributed by atoms with E-state index in [1.807, 2.05) is 41.4 Å². The van der Waals surface area contributed by atoms with E-state index in [0.717, 1.165) is 55.0 Å². The van der Waals surface area contributed by atoms with Gasteiger partial charge >= 0.3 is 6.18 Å². The van der Waals surface area contributed by atoms with Crippen LogP contribution in [-0.2, 0) is 11.0 Å². The van der Waals surface area contributed by atoms with Crippen molar-refractivity contribution in [3.63, 3.8) is 0 Å². The zero-order chi connectivity index (χ0) is 24.0. The quantitative estimate of drug-likeness (QED) is 0.363. The lowest BCUT2D eigenvalue weighted by molar-refractivity contribution is -0.137. The van der Waals surface area contributed by atoms with Gasteiger partial charge in [0.2, 0.25) is 5.91 Å². The van der Waals surface area contributed by atoms with Crippen LogP contribution in [0.3, 0.4) is 0 Å². The van der Waals surface area contributed by atoms with Crippen molar-refractivity contribution in [2.75, 3.05) is 44.2 Å². The number of halogens is 3. The Bertz CT molecular complexity index is 1130. The second-order valence-corrected chi connectivity index (χ2v) is 8.50. The van der Waals surface area contributed by atoms with E-state index in [2.05, 4.69) is 15.2 Å². The summed E-state index contributed by atoms with van der Waals surface area (Å²) in [6, 6.07) is 13.5. The molecule has 3 aromatic rings. The van der Waals surface area contributed by atoms with Gasteiger partial charge in [0, 0.05) is 61.6 Å². The number of para-hydroxylation sites is 1. The number of carbonyl (C=O) groups is 1. The van der Waals surface area contributed by atoms with E-state index in [9.17, 15) is 18.0 Å². The Hall–Kier alpha value is -3.26. The summed E-state index contributed by atoms with van der Waals surface area (Å²) in [6.45, 7) is 4.57. The summed E-state index contributed by atoms with van der Waals surface area (Å²) in [4.78, 5) is 19.6. The number of piperazine rings is 1. The minimum absolute atomic E-state index is 0.111. The molecule has 1 aliphatic heterocycles. The number of aromatic amines is 1. The average Bonchev–Trinajstić information content (AvgIpc) is 3.26. The van der Waals surface area contributed by atoms with Gasteiger partial charge in [-0.25, -0.2) is 0 Å². The summed E-state index contributed by atoms with van der Waals surface area (Å²) >= 11 is 0. The molecule has 0 unspecified atom stereocenters. The van der Waals surface area contributed by atoms with E-state index in [0.29, 0.717) is 25.3 Å². The first-order chi connectivity index (χ1) is 16.4. The lowest BCUT2D eigenvalue weighted by Crippen LogP contribution is -2.46. The molecule has 2 N–H and O–H groups in total. The summed E-state index contributed by atoms with van der Waals surface area (Å²) in [7, 11) is 0. The van der Waals surface area contributed by atoms with Crippen LogP contribution in [0.4, 0.5) is 18.9 Å². The molecule has 0 bridgehead atoms. The molecule has 0 aliphatic carbocycles. The van der Waals surface area contributed by atoms with Crippen molar-refractivity contribution >= 4 is 28.6 Å². The van der Waals surface area contributed by atoms with E-state index in [1.54, 1.807) is 12.1 Å². The van der Waals surface area contributed by atoms with Crippen LogP contribution < -0.4 is 10.2 Å². The highest BCUT2D eigenvalue weighted by Crippen LogP contribution is 2.31. The maximum Gasteiger partial charge on any atom is 0.416 e. The summed E-state index contributed by atoms with van der Waals surface area (Å²) in [5.41, 5.74) is 2.04. The molecule has 1 fully saturated rings. The Morgan fingerprint density at radius 2 is 1.82 bits per heavy atom. The topological polar surface area (TPSA) is 51.4 Å². The van der Waals surface area contributed by atoms with Gasteiger partial charge in [0.05, 0.1) is 5.56 Å². The standard InChI is InChI=1S/C26H29F3N4O/c27-26(28,29)21-6-5-7-22(18-21)33-16-14-32(15-17-33)13-4-3-12-30-25(34)11-10-20-19-31-24-9-2-1-8-23(20)24/h1-2,5-11,18-19,31H,3-4,12-17H2,(H,30,34). The molecule has 34 heavy (non-hydrogen) atoms. The molecule has 2 aromatic carbocycles. The van der Waals surface area contributed by atoms with Gasteiger partial charge in [-0.3, -0.25) is 9.69 Å². The number of rotatable bonds is 8. The largest absolute Gasteiger partial charge is 0.416 e. The predicted molar refractivity (Wildman–Crippen MR) is 130 cm³/mol. The van der Waals surface area contributed by atoms with Crippen LogP contribution in [0.2, 0.25) is 0 Å². The molecule has 180 valence electrons. The Morgan fingerprint density at radius 3 is 2.62 bits per heavy atom. The fraction of sp³-hybridized carbons (Fsp3) is 0.346. The fourth-order valence-corrected chi connectivity index (χ4v) is 4.24. The zero-order valence-electron chi connectivity index (χ0n) is 18.9. The van der Waals surface area contributed by atoms with Gasteiger partial charge in [-0.1, -0.05) is 24.3 Å². The highest BCUT2D eigenvalue weighted by atomic mass is 19.4. The van der Waals surface area contributed by atoms with Crippen molar-refractivity contribution in [2.45, 2.75) is 19.0 Å². The molecule has 1 amide bonds. The summed E-state index contributed by atoms with van der Waals surface area (Å²) in [6.07, 6.45) is 2.78. The second kappa shape index (κ2) is 10.8. The number of nitrogens with one attached hydrogen (secondary N) is 2. The molecule has 5 nitrogen and oxygen atoms in total. The number of fused-ring (bicyclic) bond motifs is 1. The maximum absolute atomic E-state index is 13.0. The van der Waals surface area contributed by atoms with Crippen LogP contribution in [0.5, 0.6) is 0 Å². The number of hydrogen-bond donors (Lipinski definition) is 2. The van der Waals surface area contributed by atoms with Crippen LogP contribution >= 0.6 is 0 Å². The van der Waals surface area contributed by atoms with Crippen molar-refractivity contribution in [2.24, 2.45) is 0 Å². The van der Waals surface area contributed by atoms with Gasteiger partial charge in [-0.05, 0) is 55.3 Å². The number of alkyl halides is 3. The first kappa shape index (κ1) is 23.9. The average molecular weight is 471 g/mol. The van der Waals surface area contributed by atoms with Crippen LogP contribution in [0.1, 0.15) is 24.0 Å². The summed E-state index contributed by atoms with van der Waals surface area (Å²) in [5, 5.41) is 4.01. The molecule has 0 atom stereocenters. The Morgan fingerprint density at radius 1 is 1.03 bits per heavy atom. The Labute approximate surface area is 197 Å². The Kier molecular flexibility index (Phi) is 7.57. The van der Waals surface area contributed by atoms with Gasteiger partial charge in [-0.2, -0.15) is 13.2 Å². The van der Waals surface area contributed by atoms with Crippen molar-refractivity contribution in [1.29, 1.82) is 0 Å². The summed E-state index contributed by atoms with van der Waals surface area (Å²) in [5.74, 6) is -0.111. The second-order valence-electron chi connectivity index (χ2n) is 8.50. The van der Waals surface area contributed by atoms with E-state index in [-0.39, 0.29) is 5.91 Å². The normalized spacial score (nSPS) is 15.3. The van der Waals surface area contributed by atoms with Crippen molar-refractivity contribution in [1.82, 2.24) is 15.2 Å². The molecular weight excluding hydrogens is 441 g/mol. The SMILES string of the molecule is O=C(C=Cc1c[nH]c2ccccc12)NCCCCN1CCN(c2cccc(C(F)(F)F)c2)CC1. The minimum Gasteiger partial charge on any atom is -0.369 e. The van der Waals surface area contributed by atoms with Crippen molar-refractivity contribution in [3.05, 3.63) is 71.9 Å². The van der Waals surface area contributed by atoms with Gasteiger partial charge in [-0.15, -0.1) is 0 Å². The Balaban J connectivity index is 1.13. The van der Waals surface area contributed by atoms with E-state index < -0.39 is 11.7 Å². The lowest BCUT2D eigenvalue weighted by atomic mass is 10.1. The van der Waals surface area contributed by atoms with Crippen molar-refractivity contribution < 1.29 is 18.0 Å². The minimum atomic E-state index is -4.32. The predicted octanol–water partition coefficient (Wildman–Crippen LogP) is 4.92. The van der Waals surface area contributed by atoms with Gasteiger partial charge in [0.15, 0.2) is 0 Å². The third-order valence-electron chi connectivity index (χ3n) is 6.15. The number of benzene rings is 2. The zero-order valence-corrected chi connectivity index (χ0v) is 18.9. The van der Waals surface area contributed by atoms with Crippen LogP contribution in [0.25, 0.3) is 17.0 Å². The maximum atomic E-state index is 13.0. The molecule has 2 heterocycles. The monoisotopic (exact) mass is 470 g/mol. The van der Waals surface area contributed by atoms with Crippen LogP contribution in [0.15, 0.2) is 60.8 Å². The molecule has 1 aliphatic rings. The molecule has 0 saturated carbocycles. The van der Waals surface area contributed by atoms with Gasteiger partial charge in [0.25, 0.3) is 0 Å². The third kappa shape index (κ3) is 6.20. The molecule has 0 spiro atoms. The lowest BCUT2D eigenvalue weighted by Gasteiger charge is -2.36. The van der Waals surface area contributed by atoms with E-state index in [4.69, 9.17) is 0 Å². The van der Waals surface area contributed by atoms with Crippen molar-refractivity contribution in [3.8, 4) is 0 Å². The first-order valence-electron chi connectivity index (χ1n) is 11.6. The molecule has 4 rings (SSSR count). The number of hydrogen-bond acceptors (Lipinski definition) is 3. The number of amides is 1. The number of carbonyl (C=O) groups excluding carboxylic acids is 1. The fourth-order valence-electron chi connectivity index (χ4n) is 4.24. The van der Waals surface area contributed by atoms with E-state index >= 15 is 0 Å². The molecule has 8 heteroatoms. The molecule has 1 saturated heterocycles. The number of nitrogens with zero attached hydrogens (tertiary/aromatic N) is 2. The van der Waals surface area contributed by atoms with Crippen LogP contribution in [0, 0.1) is 0 Å². The first-order valence-corrected chi connectivity index (χ1v) is 11.6. The van der Waals surface area contributed by atoms with Crippen LogP contribution in [-0.4, -0.2) is 55.1 Å². The van der Waals surface area contributed by atoms with Gasteiger partial charge < -0.3 is 15.2 Å². The summed E-state index contributed by atoms with van der Waals surface area (Å²) < 4.78 is 38.9. The number of unbranched alkanes of at least 4 members (excludes halogenated alkanes) is 1. The van der Waals surface area contributed by atoms with E-state index in [1.165, 1.54) is 12.1 Å². The molecule has 1 aromatic heterocycles. The third-order valence-corrected chi connectivity index (χ3v) is 6.15. The number of H-pyrrole nitrogens is 1. The smallest absolute Gasteiger partial charge is 0.369 e. The molecular formula is C26H29F3N4O. The highest BCUT2D eigenvalue weighted by Gasteiger charge is 2.31. The van der Waals surface area contributed by atoms with Gasteiger partial charge in [0.1, 0.15) is 0 Å². The highest BCUT2D eigenvalue weighted by molar-refractivity contribution is 5.96. The number of aromatic nitrogens is 1. The molecule has 0 radical (unpaired) electrons. The number of anilines is 1.